The summed E-state index contributed by atoms with van der Waals surface area (Å²) in [6.45, 7) is 0.318. The average molecular weight is 487 g/mol. The van der Waals surface area contributed by atoms with E-state index in [9.17, 15) is 4.79 Å². The molecule has 37 heavy (non-hydrogen) atoms. The molecule has 0 aliphatic rings. The Morgan fingerprint density at radius 1 is 0.919 bits per heavy atom. The zero-order chi connectivity index (χ0) is 25.2. The molecule has 6 rings (SSSR count). The summed E-state index contributed by atoms with van der Waals surface area (Å²) in [6.07, 6.45) is 13.4. The zero-order valence-corrected chi connectivity index (χ0v) is 20.0. The molecule has 9 heteroatoms. The highest BCUT2D eigenvalue weighted by molar-refractivity contribution is 6.01. The standard InChI is InChI=1S/C28H22N8O/c1-36-9-5-19-2-3-20(10-26(19)36)23-11-21(12-24-27(23)33-8-7-32-24)35-25-16-29-6-4-22(25)28(37)34-15-18-13-30-17-31-14-18/h2-14,16-17,35H,15H2,1H3,(H,34,37). The first-order valence-corrected chi connectivity index (χ1v) is 11.7. The van der Waals surface area contributed by atoms with E-state index in [4.69, 9.17) is 0 Å². The molecular formula is C28H22N8O. The zero-order valence-electron chi connectivity index (χ0n) is 20.0. The van der Waals surface area contributed by atoms with Crippen molar-refractivity contribution >= 4 is 39.2 Å². The molecule has 0 fully saturated rings. The highest BCUT2D eigenvalue weighted by Crippen LogP contribution is 2.33. The molecule has 2 N–H and O–H groups in total. The van der Waals surface area contributed by atoms with Crippen molar-refractivity contribution < 1.29 is 4.79 Å². The lowest BCUT2D eigenvalue weighted by Gasteiger charge is -2.14. The van der Waals surface area contributed by atoms with Gasteiger partial charge in [0.15, 0.2) is 0 Å². The summed E-state index contributed by atoms with van der Waals surface area (Å²) < 4.78 is 2.09. The normalized spacial score (nSPS) is 11.1. The van der Waals surface area contributed by atoms with Gasteiger partial charge in [-0.15, -0.1) is 0 Å². The molecular weight excluding hydrogens is 464 g/mol. The van der Waals surface area contributed by atoms with Gasteiger partial charge < -0.3 is 15.2 Å². The summed E-state index contributed by atoms with van der Waals surface area (Å²) in [5, 5.41) is 7.46. The number of carbonyl (C=O) groups excluding carboxylic acids is 1. The molecule has 0 aliphatic heterocycles. The van der Waals surface area contributed by atoms with Crippen LogP contribution in [0.2, 0.25) is 0 Å². The Bertz CT molecular complexity index is 1750. The molecule has 0 saturated carbocycles. The SMILES string of the molecule is Cn1ccc2ccc(-c3cc(Nc4cnccc4C(=O)NCc4cncnc4)cc4nccnc34)cc21. The van der Waals surface area contributed by atoms with Crippen molar-refractivity contribution in [3.05, 3.63) is 103 Å². The van der Waals surface area contributed by atoms with Gasteiger partial charge in [0.1, 0.15) is 6.33 Å². The fourth-order valence-electron chi connectivity index (χ4n) is 4.34. The first-order valence-electron chi connectivity index (χ1n) is 11.7. The third kappa shape index (κ3) is 4.45. The first-order chi connectivity index (χ1) is 18.2. The fraction of sp³-hybridized carbons (Fsp3) is 0.0714. The van der Waals surface area contributed by atoms with Crippen LogP contribution in [0.1, 0.15) is 15.9 Å². The van der Waals surface area contributed by atoms with Crippen LogP contribution in [0.5, 0.6) is 0 Å². The number of benzene rings is 2. The second-order valence-corrected chi connectivity index (χ2v) is 8.62. The molecule has 0 unspecified atom stereocenters. The largest absolute Gasteiger partial charge is 0.354 e. The molecule has 0 saturated heterocycles. The molecule has 0 radical (unpaired) electrons. The number of nitrogens with zero attached hydrogens (tertiary/aromatic N) is 6. The molecule has 0 spiro atoms. The number of aromatic nitrogens is 6. The molecule has 0 bridgehead atoms. The Labute approximate surface area is 212 Å². The Hall–Kier alpha value is -5.18. The van der Waals surface area contributed by atoms with Gasteiger partial charge in [-0.3, -0.25) is 19.7 Å². The van der Waals surface area contributed by atoms with Gasteiger partial charge >= 0.3 is 0 Å². The number of hydrogen-bond acceptors (Lipinski definition) is 7. The van der Waals surface area contributed by atoms with Gasteiger partial charge in [0.05, 0.1) is 28.5 Å². The first kappa shape index (κ1) is 22.3. The third-order valence-corrected chi connectivity index (χ3v) is 6.18. The molecule has 0 aliphatic carbocycles. The van der Waals surface area contributed by atoms with E-state index in [2.05, 4.69) is 64.4 Å². The highest BCUT2D eigenvalue weighted by Gasteiger charge is 2.15. The van der Waals surface area contributed by atoms with Crippen LogP contribution in [0.15, 0.2) is 92.2 Å². The second kappa shape index (κ2) is 9.46. The Morgan fingerprint density at radius 2 is 1.78 bits per heavy atom. The van der Waals surface area contributed by atoms with E-state index >= 15 is 0 Å². The van der Waals surface area contributed by atoms with E-state index in [1.807, 2.05) is 25.4 Å². The summed E-state index contributed by atoms with van der Waals surface area (Å²) >= 11 is 0. The second-order valence-electron chi connectivity index (χ2n) is 8.62. The minimum Gasteiger partial charge on any atom is -0.354 e. The maximum Gasteiger partial charge on any atom is 0.253 e. The van der Waals surface area contributed by atoms with Gasteiger partial charge in [0.2, 0.25) is 0 Å². The van der Waals surface area contributed by atoms with Crippen molar-refractivity contribution in [1.82, 2.24) is 34.8 Å². The lowest BCUT2D eigenvalue weighted by atomic mass is 10.0. The lowest BCUT2D eigenvalue weighted by molar-refractivity contribution is 0.0951. The van der Waals surface area contributed by atoms with Crippen molar-refractivity contribution in [1.29, 1.82) is 0 Å². The molecule has 4 heterocycles. The Kier molecular flexibility index (Phi) is 5.70. The van der Waals surface area contributed by atoms with Crippen LogP contribution in [0.25, 0.3) is 33.1 Å². The van der Waals surface area contributed by atoms with Gasteiger partial charge in [-0.1, -0.05) is 12.1 Å². The summed E-state index contributed by atoms with van der Waals surface area (Å²) in [5.74, 6) is -0.233. The van der Waals surface area contributed by atoms with Crippen LogP contribution in [-0.4, -0.2) is 35.4 Å². The van der Waals surface area contributed by atoms with Gasteiger partial charge in [-0.25, -0.2) is 9.97 Å². The third-order valence-electron chi connectivity index (χ3n) is 6.18. The molecule has 180 valence electrons. The van der Waals surface area contributed by atoms with E-state index < -0.39 is 0 Å². The van der Waals surface area contributed by atoms with Crippen molar-refractivity contribution in [3.8, 4) is 11.1 Å². The number of rotatable bonds is 6. The maximum absolute atomic E-state index is 13.0. The molecule has 1 amide bonds. The lowest BCUT2D eigenvalue weighted by Crippen LogP contribution is -2.23. The molecule has 6 aromatic rings. The number of hydrogen-bond donors (Lipinski definition) is 2. The summed E-state index contributed by atoms with van der Waals surface area (Å²) in [7, 11) is 2.03. The number of aryl methyl sites for hydroxylation is 1. The molecule has 0 atom stereocenters. The number of fused-ring (bicyclic) bond motifs is 2. The van der Waals surface area contributed by atoms with Crippen LogP contribution in [0, 0.1) is 0 Å². The Balaban J connectivity index is 1.36. The average Bonchev–Trinajstić information content (AvgIpc) is 3.32. The fourth-order valence-corrected chi connectivity index (χ4v) is 4.34. The van der Waals surface area contributed by atoms with Crippen LogP contribution in [0.4, 0.5) is 11.4 Å². The minimum atomic E-state index is -0.233. The van der Waals surface area contributed by atoms with Gasteiger partial charge in [-0.05, 0) is 41.3 Å². The molecule has 9 nitrogen and oxygen atoms in total. The van der Waals surface area contributed by atoms with Gasteiger partial charge in [0, 0.05) is 73.1 Å². The minimum absolute atomic E-state index is 0.233. The van der Waals surface area contributed by atoms with E-state index in [-0.39, 0.29) is 5.91 Å². The predicted molar refractivity (Wildman–Crippen MR) is 142 cm³/mol. The monoisotopic (exact) mass is 486 g/mol. The van der Waals surface area contributed by atoms with Crippen molar-refractivity contribution in [2.75, 3.05) is 5.32 Å². The number of carbonyl (C=O) groups is 1. The molecule has 4 aromatic heterocycles. The van der Waals surface area contributed by atoms with Crippen molar-refractivity contribution in [2.45, 2.75) is 6.54 Å². The predicted octanol–water partition coefficient (Wildman–Crippen LogP) is 4.65. The Morgan fingerprint density at radius 3 is 2.68 bits per heavy atom. The van der Waals surface area contributed by atoms with Crippen LogP contribution < -0.4 is 10.6 Å². The van der Waals surface area contributed by atoms with E-state index in [0.29, 0.717) is 17.8 Å². The number of nitrogens with one attached hydrogen (secondary N) is 2. The van der Waals surface area contributed by atoms with E-state index in [1.165, 1.54) is 11.7 Å². The molecule has 2 aromatic carbocycles. The van der Waals surface area contributed by atoms with Crippen LogP contribution in [0.3, 0.4) is 0 Å². The summed E-state index contributed by atoms with van der Waals surface area (Å²) in [5.41, 5.74) is 7.27. The van der Waals surface area contributed by atoms with E-state index in [1.54, 1.807) is 43.2 Å². The van der Waals surface area contributed by atoms with Crippen molar-refractivity contribution in [3.63, 3.8) is 0 Å². The number of anilines is 2. The number of pyridine rings is 1. The van der Waals surface area contributed by atoms with Gasteiger partial charge in [-0.2, -0.15) is 0 Å². The number of amides is 1. The van der Waals surface area contributed by atoms with E-state index in [0.717, 1.165) is 38.9 Å². The van der Waals surface area contributed by atoms with Crippen LogP contribution >= 0.6 is 0 Å². The van der Waals surface area contributed by atoms with Crippen LogP contribution in [-0.2, 0) is 13.6 Å². The maximum atomic E-state index is 13.0. The topological polar surface area (TPSA) is 111 Å². The van der Waals surface area contributed by atoms with Crippen molar-refractivity contribution in [2.24, 2.45) is 7.05 Å². The smallest absolute Gasteiger partial charge is 0.253 e. The quantitative estimate of drug-likeness (QED) is 0.353. The highest BCUT2D eigenvalue weighted by atomic mass is 16.1. The van der Waals surface area contributed by atoms with Gasteiger partial charge in [0.25, 0.3) is 5.91 Å². The summed E-state index contributed by atoms with van der Waals surface area (Å²) in [6, 6.07) is 14.1. The summed E-state index contributed by atoms with van der Waals surface area (Å²) in [4.78, 5) is 34.4.